The van der Waals surface area contributed by atoms with E-state index < -0.39 is 0 Å². The van der Waals surface area contributed by atoms with Crippen molar-refractivity contribution in [2.75, 3.05) is 0 Å². The summed E-state index contributed by atoms with van der Waals surface area (Å²) in [6, 6.07) is 15.0. The fraction of sp³-hybridized carbons (Fsp3) is 0.333. The number of thiophene rings is 1. The van der Waals surface area contributed by atoms with Crippen molar-refractivity contribution in [2.24, 2.45) is 5.73 Å². The van der Waals surface area contributed by atoms with Crippen LogP contribution in [0.2, 0.25) is 0 Å². The summed E-state index contributed by atoms with van der Waals surface area (Å²) in [5.41, 5.74) is 7.42. The zero-order valence-corrected chi connectivity index (χ0v) is 11.0. The van der Waals surface area contributed by atoms with Crippen molar-refractivity contribution in [2.45, 2.75) is 32.2 Å². The second-order valence-corrected chi connectivity index (χ2v) is 5.53. The van der Waals surface area contributed by atoms with Crippen LogP contribution in [0.3, 0.4) is 0 Å². The fourth-order valence-electron chi connectivity index (χ4n) is 1.91. The van der Waals surface area contributed by atoms with Crippen LogP contribution >= 0.6 is 11.3 Å². The predicted octanol–water partition coefficient (Wildman–Crippen LogP) is 3.94. The van der Waals surface area contributed by atoms with E-state index in [9.17, 15) is 0 Å². The molecule has 2 heteroatoms. The summed E-state index contributed by atoms with van der Waals surface area (Å²) in [5.74, 6) is 0. The van der Waals surface area contributed by atoms with Crippen molar-refractivity contribution >= 4 is 11.3 Å². The third-order valence-electron chi connectivity index (χ3n) is 3.00. The second-order valence-electron chi connectivity index (χ2n) is 4.28. The third-order valence-corrected chi connectivity index (χ3v) is 4.28. The minimum Gasteiger partial charge on any atom is -0.324 e. The molecule has 1 atom stereocenters. The van der Waals surface area contributed by atoms with Crippen LogP contribution in [0, 0.1) is 0 Å². The van der Waals surface area contributed by atoms with Crippen LogP contribution in [0.25, 0.3) is 0 Å². The molecule has 2 aromatic rings. The molecule has 0 fully saturated rings. The van der Waals surface area contributed by atoms with Crippen molar-refractivity contribution < 1.29 is 0 Å². The van der Waals surface area contributed by atoms with E-state index in [4.69, 9.17) is 5.73 Å². The first-order valence-electron chi connectivity index (χ1n) is 6.17. The summed E-state index contributed by atoms with van der Waals surface area (Å²) in [6.45, 7) is 2.20. The van der Waals surface area contributed by atoms with E-state index >= 15 is 0 Å². The van der Waals surface area contributed by atoms with Crippen molar-refractivity contribution in [3.63, 3.8) is 0 Å². The summed E-state index contributed by atoms with van der Waals surface area (Å²) in [6.07, 6.45) is 3.24. The summed E-state index contributed by atoms with van der Waals surface area (Å²) < 4.78 is 0. The Kier molecular flexibility index (Phi) is 4.35. The van der Waals surface area contributed by atoms with E-state index in [0.29, 0.717) is 0 Å². The van der Waals surface area contributed by atoms with Gasteiger partial charge in [-0.15, -0.1) is 11.3 Å². The van der Waals surface area contributed by atoms with Gasteiger partial charge in [-0.2, -0.15) is 0 Å². The Labute approximate surface area is 107 Å². The number of rotatable bonds is 5. The van der Waals surface area contributed by atoms with Gasteiger partial charge >= 0.3 is 0 Å². The smallest absolute Gasteiger partial charge is 0.0298 e. The number of aryl methyl sites for hydroxylation is 2. The molecule has 17 heavy (non-hydrogen) atoms. The Hall–Kier alpha value is -1.12. The lowest BCUT2D eigenvalue weighted by Crippen LogP contribution is -2.10. The molecule has 1 nitrogen and oxygen atoms in total. The normalized spacial score (nSPS) is 12.6. The third kappa shape index (κ3) is 3.42. The molecule has 0 spiro atoms. The minimum absolute atomic E-state index is 0.156. The van der Waals surface area contributed by atoms with Gasteiger partial charge in [0.25, 0.3) is 0 Å². The standard InChI is InChI=1S/C15H19NS/c1-2-13-8-9-14(17-13)10-11-15(16)12-6-4-3-5-7-12/h3-9,15H,2,10-11,16H2,1H3. The Bertz CT molecular complexity index is 447. The van der Waals surface area contributed by atoms with Gasteiger partial charge in [0, 0.05) is 15.8 Å². The Morgan fingerprint density at radius 2 is 1.76 bits per heavy atom. The average Bonchev–Trinajstić information content (AvgIpc) is 2.85. The van der Waals surface area contributed by atoms with Crippen LogP contribution < -0.4 is 5.73 Å². The van der Waals surface area contributed by atoms with E-state index in [2.05, 4.69) is 43.3 Å². The summed E-state index contributed by atoms with van der Waals surface area (Å²) >= 11 is 1.91. The lowest BCUT2D eigenvalue weighted by Gasteiger charge is -2.10. The van der Waals surface area contributed by atoms with E-state index in [1.807, 2.05) is 17.4 Å². The zero-order valence-electron chi connectivity index (χ0n) is 10.2. The highest BCUT2D eigenvalue weighted by Crippen LogP contribution is 2.22. The van der Waals surface area contributed by atoms with Gasteiger partial charge < -0.3 is 5.73 Å². The van der Waals surface area contributed by atoms with Crippen LogP contribution in [0.15, 0.2) is 42.5 Å². The van der Waals surface area contributed by atoms with Gasteiger partial charge in [0.2, 0.25) is 0 Å². The first-order valence-corrected chi connectivity index (χ1v) is 6.99. The van der Waals surface area contributed by atoms with Crippen LogP contribution in [-0.4, -0.2) is 0 Å². The Morgan fingerprint density at radius 3 is 2.41 bits per heavy atom. The van der Waals surface area contributed by atoms with Crippen molar-refractivity contribution in [3.8, 4) is 0 Å². The summed E-state index contributed by atoms with van der Waals surface area (Å²) in [7, 11) is 0. The first kappa shape index (κ1) is 12.3. The van der Waals surface area contributed by atoms with Crippen molar-refractivity contribution in [1.82, 2.24) is 0 Å². The fourth-order valence-corrected chi connectivity index (χ4v) is 2.88. The van der Waals surface area contributed by atoms with E-state index in [-0.39, 0.29) is 6.04 Å². The van der Waals surface area contributed by atoms with Gasteiger partial charge in [-0.05, 0) is 37.0 Å². The largest absolute Gasteiger partial charge is 0.324 e. The maximum absolute atomic E-state index is 6.19. The molecule has 0 aliphatic heterocycles. The van der Waals surface area contributed by atoms with Gasteiger partial charge in [-0.25, -0.2) is 0 Å². The lowest BCUT2D eigenvalue weighted by molar-refractivity contribution is 0.655. The molecule has 1 unspecified atom stereocenters. The van der Waals surface area contributed by atoms with Gasteiger partial charge in [-0.3, -0.25) is 0 Å². The molecule has 2 rings (SSSR count). The molecule has 0 amide bonds. The highest BCUT2D eigenvalue weighted by Gasteiger charge is 2.06. The monoisotopic (exact) mass is 245 g/mol. The number of hydrogen-bond donors (Lipinski definition) is 1. The maximum Gasteiger partial charge on any atom is 0.0298 e. The number of benzene rings is 1. The molecule has 0 saturated carbocycles. The molecule has 2 N–H and O–H groups in total. The highest BCUT2D eigenvalue weighted by atomic mass is 32.1. The van der Waals surface area contributed by atoms with E-state index in [1.54, 1.807) is 0 Å². The van der Waals surface area contributed by atoms with Crippen LogP contribution in [0.4, 0.5) is 0 Å². The molecule has 0 bridgehead atoms. The number of nitrogens with two attached hydrogens (primary N) is 1. The Balaban J connectivity index is 1.90. The molecule has 0 aliphatic rings. The average molecular weight is 245 g/mol. The summed E-state index contributed by atoms with van der Waals surface area (Å²) in [4.78, 5) is 2.92. The van der Waals surface area contributed by atoms with Gasteiger partial charge in [0.1, 0.15) is 0 Å². The lowest BCUT2D eigenvalue weighted by atomic mass is 10.0. The molecule has 0 saturated heterocycles. The van der Waals surface area contributed by atoms with Gasteiger partial charge in [0.15, 0.2) is 0 Å². The maximum atomic E-state index is 6.19. The first-order chi connectivity index (χ1) is 8.29. The molecule has 1 aromatic heterocycles. The molecule has 0 radical (unpaired) electrons. The Morgan fingerprint density at radius 1 is 1.06 bits per heavy atom. The van der Waals surface area contributed by atoms with Crippen molar-refractivity contribution in [3.05, 3.63) is 57.8 Å². The molecular weight excluding hydrogens is 226 g/mol. The topological polar surface area (TPSA) is 26.0 Å². The van der Waals surface area contributed by atoms with Crippen LogP contribution in [0.1, 0.15) is 34.7 Å². The molecule has 90 valence electrons. The zero-order chi connectivity index (χ0) is 12.1. The quantitative estimate of drug-likeness (QED) is 0.848. The van der Waals surface area contributed by atoms with Gasteiger partial charge in [0.05, 0.1) is 0 Å². The summed E-state index contributed by atoms with van der Waals surface area (Å²) in [5, 5.41) is 0. The molecule has 0 aliphatic carbocycles. The number of hydrogen-bond acceptors (Lipinski definition) is 2. The molecule has 1 aromatic carbocycles. The van der Waals surface area contributed by atoms with E-state index in [0.717, 1.165) is 19.3 Å². The predicted molar refractivity (Wildman–Crippen MR) is 75.4 cm³/mol. The minimum atomic E-state index is 0.156. The van der Waals surface area contributed by atoms with Crippen molar-refractivity contribution in [1.29, 1.82) is 0 Å². The SMILES string of the molecule is CCc1ccc(CCC(N)c2ccccc2)s1. The van der Waals surface area contributed by atoms with Crippen LogP contribution in [0.5, 0.6) is 0 Å². The van der Waals surface area contributed by atoms with Gasteiger partial charge in [-0.1, -0.05) is 37.3 Å². The molecular formula is C15H19NS. The molecule has 1 heterocycles. The van der Waals surface area contributed by atoms with Crippen LogP contribution in [-0.2, 0) is 12.8 Å². The highest BCUT2D eigenvalue weighted by molar-refractivity contribution is 7.11. The second kappa shape index (κ2) is 5.99. The van der Waals surface area contributed by atoms with E-state index in [1.165, 1.54) is 15.3 Å².